The highest BCUT2D eigenvalue weighted by Crippen LogP contribution is 2.20. The molecule has 3 heterocycles. The highest BCUT2D eigenvalue weighted by Gasteiger charge is 2.18. The first-order valence-corrected chi connectivity index (χ1v) is 9.11. The number of aryl methyl sites for hydroxylation is 1. The minimum atomic E-state index is -0.156. The van der Waals surface area contributed by atoms with Gasteiger partial charge in [-0.15, -0.1) is 0 Å². The number of aromatic nitrogens is 2. The number of furan rings is 1. The van der Waals surface area contributed by atoms with Crippen LogP contribution < -0.4 is 5.32 Å². The van der Waals surface area contributed by atoms with Crippen LogP contribution in [0.25, 0.3) is 17.0 Å². The van der Waals surface area contributed by atoms with E-state index in [-0.39, 0.29) is 5.91 Å². The highest BCUT2D eigenvalue weighted by molar-refractivity contribution is 6.30. The molecular formula is C21H18ClN3O2. The molecular weight excluding hydrogens is 362 g/mol. The van der Waals surface area contributed by atoms with E-state index < -0.39 is 0 Å². The lowest BCUT2D eigenvalue weighted by Crippen LogP contribution is -2.25. The predicted molar refractivity (Wildman–Crippen MR) is 105 cm³/mol. The summed E-state index contributed by atoms with van der Waals surface area (Å²) in [6.45, 7) is 2.41. The van der Waals surface area contributed by atoms with E-state index in [1.165, 1.54) is 0 Å². The zero-order valence-electron chi connectivity index (χ0n) is 14.8. The molecule has 6 heteroatoms. The van der Waals surface area contributed by atoms with Crippen LogP contribution in [0.3, 0.4) is 0 Å². The number of fused-ring (bicyclic) bond motifs is 1. The van der Waals surface area contributed by atoms with E-state index in [0.29, 0.717) is 29.3 Å². The van der Waals surface area contributed by atoms with Gasteiger partial charge in [0.05, 0.1) is 12.0 Å². The van der Waals surface area contributed by atoms with Gasteiger partial charge in [0.15, 0.2) is 0 Å². The number of rotatable bonds is 5. The highest BCUT2D eigenvalue weighted by atomic mass is 35.5. The van der Waals surface area contributed by atoms with Crippen molar-refractivity contribution in [2.75, 3.05) is 0 Å². The van der Waals surface area contributed by atoms with E-state index in [4.69, 9.17) is 16.0 Å². The first-order valence-electron chi connectivity index (χ1n) is 8.73. The van der Waals surface area contributed by atoms with Crippen LogP contribution in [0.1, 0.15) is 28.7 Å². The van der Waals surface area contributed by atoms with Crippen molar-refractivity contribution in [3.8, 4) is 11.3 Å². The van der Waals surface area contributed by atoms with Gasteiger partial charge in [0.1, 0.15) is 17.1 Å². The number of hydrogen-bond acceptors (Lipinski definition) is 3. The van der Waals surface area contributed by atoms with Gasteiger partial charge >= 0.3 is 0 Å². The van der Waals surface area contributed by atoms with Crippen LogP contribution in [-0.4, -0.2) is 15.3 Å². The Bertz CT molecular complexity index is 1080. The molecule has 136 valence electrons. The number of nitrogens with zero attached hydrogens (tertiary/aromatic N) is 2. The Kier molecular flexibility index (Phi) is 4.69. The Labute approximate surface area is 161 Å². The Morgan fingerprint density at radius 2 is 2.04 bits per heavy atom. The number of imidazole rings is 1. The summed E-state index contributed by atoms with van der Waals surface area (Å²) in [5.74, 6) is 0.666. The maximum Gasteiger partial charge on any atom is 0.270 e. The zero-order chi connectivity index (χ0) is 18.8. The summed E-state index contributed by atoms with van der Waals surface area (Å²) >= 11 is 6.03. The predicted octanol–water partition coefficient (Wildman–Crippen LogP) is 4.74. The van der Waals surface area contributed by atoms with Gasteiger partial charge < -0.3 is 9.73 Å². The third-order valence-electron chi connectivity index (χ3n) is 4.42. The van der Waals surface area contributed by atoms with Crippen LogP contribution in [0.4, 0.5) is 0 Å². The van der Waals surface area contributed by atoms with Gasteiger partial charge in [-0.1, -0.05) is 42.8 Å². The molecule has 0 fully saturated rings. The van der Waals surface area contributed by atoms with Crippen molar-refractivity contribution in [3.05, 3.63) is 83.0 Å². The molecule has 0 spiro atoms. The zero-order valence-corrected chi connectivity index (χ0v) is 15.5. The molecule has 4 rings (SSSR count). The number of hydrogen-bond donors (Lipinski definition) is 1. The molecule has 1 aromatic carbocycles. The van der Waals surface area contributed by atoms with Crippen LogP contribution in [0.5, 0.6) is 0 Å². The second-order valence-electron chi connectivity index (χ2n) is 6.19. The molecule has 5 nitrogen and oxygen atoms in total. The summed E-state index contributed by atoms with van der Waals surface area (Å²) in [5, 5.41) is 3.58. The standard InChI is InChI=1S/C21H18ClN3O2/c1-2-17-20(25-10-9-16(22)12-19(25)24-17)21(26)23-13-14-5-7-15(8-6-14)18-4-3-11-27-18/h3-12H,2,13H2,1H3,(H,23,26). The molecule has 0 saturated carbocycles. The van der Waals surface area contributed by atoms with Gasteiger partial charge in [-0.2, -0.15) is 0 Å². The molecule has 1 amide bonds. The first-order chi connectivity index (χ1) is 13.2. The Morgan fingerprint density at radius 1 is 1.22 bits per heavy atom. The summed E-state index contributed by atoms with van der Waals surface area (Å²) in [6, 6.07) is 15.2. The number of carbonyl (C=O) groups excluding carboxylic acids is 1. The number of carbonyl (C=O) groups is 1. The number of benzene rings is 1. The van der Waals surface area contributed by atoms with Crippen molar-refractivity contribution in [2.45, 2.75) is 19.9 Å². The maximum atomic E-state index is 12.8. The Morgan fingerprint density at radius 3 is 2.74 bits per heavy atom. The number of pyridine rings is 1. The lowest BCUT2D eigenvalue weighted by Gasteiger charge is -2.07. The van der Waals surface area contributed by atoms with Gasteiger partial charge in [0, 0.05) is 29.4 Å². The van der Waals surface area contributed by atoms with Gasteiger partial charge in [0.2, 0.25) is 0 Å². The molecule has 0 aliphatic heterocycles. The molecule has 27 heavy (non-hydrogen) atoms. The minimum absolute atomic E-state index is 0.156. The molecule has 4 aromatic rings. The van der Waals surface area contributed by atoms with Crippen molar-refractivity contribution in [1.82, 2.24) is 14.7 Å². The van der Waals surface area contributed by atoms with Crippen LogP contribution in [0.2, 0.25) is 5.02 Å². The molecule has 0 saturated heterocycles. The maximum absolute atomic E-state index is 12.8. The number of nitrogens with one attached hydrogen (secondary N) is 1. The van der Waals surface area contributed by atoms with Gasteiger partial charge in [-0.05, 0) is 30.2 Å². The fourth-order valence-corrected chi connectivity index (χ4v) is 3.21. The molecule has 3 aromatic heterocycles. The lowest BCUT2D eigenvalue weighted by atomic mass is 10.1. The van der Waals surface area contributed by atoms with E-state index in [2.05, 4.69) is 10.3 Å². The van der Waals surface area contributed by atoms with Gasteiger partial charge in [0.25, 0.3) is 5.91 Å². The minimum Gasteiger partial charge on any atom is -0.464 e. The summed E-state index contributed by atoms with van der Waals surface area (Å²) in [7, 11) is 0. The van der Waals surface area contributed by atoms with E-state index in [0.717, 1.165) is 22.6 Å². The molecule has 0 radical (unpaired) electrons. The summed E-state index contributed by atoms with van der Waals surface area (Å²) in [5.41, 5.74) is 3.99. The van der Waals surface area contributed by atoms with Crippen molar-refractivity contribution in [1.29, 1.82) is 0 Å². The molecule has 0 atom stereocenters. The van der Waals surface area contributed by atoms with E-state index in [1.54, 1.807) is 29.0 Å². The monoisotopic (exact) mass is 379 g/mol. The van der Waals surface area contributed by atoms with Crippen LogP contribution in [0, 0.1) is 0 Å². The lowest BCUT2D eigenvalue weighted by molar-refractivity contribution is 0.0944. The summed E-state index contributed by atoms with van der Waals surface area (Å²) < 4.78 is 7.17. The Balaban J connectivity index is 1.52. The quantitative estimate of drug-likeness (QED) is 0.544. The average Bonchev–Trinajstić information content (AvgIpc) is 3.33. The van der Waals surface area contributed by atoms with Crippen molar-refractivity contribution >= 4 is 23.2 Å². The second kappa shape index (κ2) is 7.29. The summed E-state index contributed by atoms with van der Waals surface area (Å²) in [4.78, 5) is 17.3. The van der Waals surface area contributed by atoms with Crippen molar-refractivity contribution < 1.29 is 9.21 Å². The molecule has 0 bridgehead atoms. The number of halogens is 1. The van der Waals surface area contributed by atoms with Gasteiger partial charge in [-0.25, -0.2) is 4.98 Å². The van der Waals surface area contributed by atoms with Crippen LogP contribution >= 0.6 is 11.6 Å². The molecule has 0 aliphatic rings. The van der Waals surface area contributed by atoms with Crippen molar-refractivity contribution in [3.63, 3.8) is 0 Å². The average molecular weight is 380 g/mol. The van der Waals surface area contributed by atoms with Crippen LogP contribution in [0.15, 0.2) is 65.4 Å². The Hall–Kier alpha value is -3.05. The van der Waals surface area contributed by atoms with Crippen molar-refractivity contribution in [2.24, 2.45) is 0 Å². The topological polar surface area (TPSA) is 59.5 Å². The summed E-state index contributed by atoms with van der Waals surface area (Å²) in [6.07, 6.45) is 4.09. The normalized spacial score (nSPS) is 11.0. The van der Waals surface area contributed by atoms with Crippen LogP contribution in [-0.2, 0) is 13.0 Å². The fraction of sp³-hybridized carbons (Fsp3) is 0.143. The van der Waals surface area contributed by atoms with E-state index in [1.807, 2.05) is 43.3 Å². The third kappa shape index (κ3) is 3.46. The second-order valence-corrected chi connectivity index (χ2v) is 6.63. The number of amides is 1. The van der Waals surface area contributed by atoms with E-state index >= 15 is 0 Å². The van der Waals surface area contributed by atoms with Gasteiger partial charge in [-0.3, -0.25) is 9.20 Å². The third-order valence-corrected chi connectivity index (χ3v) is 4.66. The van der Waals surface area contributed by atoms with E-state index in [9.17, 15) is 4.79 Å². The SMILES string of the molecule is CCc1nc2cc(Cl)ccn2c1C(=O)NCc1ccc(-c2ccco2)cc1. The molecule has 0 aliphatic carbocycles. The molecule has 1 N–H and O–H groups in total. The fourth-order valence-electron chi connectivity index (χ4n) is 3.05. The smallest absolute Gasteiger partial charge is 0.270 e. The largest absolute Gasteiger partial charge is 0.464 e. The first kappa shape index (κ1) is 17.4. The molecule has 0 unspecified atom stereocenters.